The molecule has 0 bridgehead atoms. The molecule has 1 saturated carbocycles. The van der Waals surface area contributed by atoms with E-state index in [4.69, 9.17) is 0 Å². The van der Waals surface area contributed by atoms with E-state index in [0.29, 0.717) is 0 Å². The molecule has 0 heterocycles. The van der Waals surface area contributed by atoms with E-state index in [1.807, 2.05) is 0 Å². The number of hydrogen-bond acceptors (Lipinski definition) is 0. The Bertz CT molecular complexity index is 206. The second-order valence-electron chi connectivity index (χ2n) is 7.66. The average molecular weight is 252 g/mol. The molecule has 4 unspecified atom stereocenters. The smallest absolute Gasteiger partial charge is 0.0386 e. The predicted molar refractivity (Wildman–Crippen MR) is 82.8 cm³/mol. The molecular weight excluding hydrogens is 216 g/mol. The second-order valence-corrected chi connectivity index (χ2v) is 7.66. The Kier molecular flexibility index (Phi) is 7.34. The Hall–Kier alpha value is 0. The third-order valence-electron chi connectivity index (χ3n) is 5.13. The van der Waals surface area contributed by atoms with Crippen LogP contribution in [0.5, 0.6) is 0 Å². The summed E-state index contributed by atoms with van der Waals surface area (Å²) >= 11 is 0. The first-order chi connectivity index (χ1) is 8.49. The van der Waals surface area contributed by atoms with Crippen molar-refractivity contribution in [1.29, 1.82) is 0 Å². The Labute approximate surface area is 116 Å². The van der Waals surface area contributed by atoms with Crippen molar-refractivity contribution >= 4 is 0 Å². The van der Waals surface area contributed by atoms with Gasteiger partial charge in [-0.15, -0.1) is 0 Å². The van der Waals surface area contributed by atoms with Crippen molar-refractivity contribution in [2.24, 2.45) is 29.6 Å². The van der Waals surface area contributed by atoms with Crippen molar-refractivity contribution < 1.29 is 0 Å². The van der Waals surface area contributed by atoms with Crippen molar-refractivity contribution in [3.8, 4) is 0 Å². The SMILES string of the molecule is CC(C)CCCC(C)CCC1CC(C)CCC1C. The van der Waals surface area contributed by atoms with Crippen molar-refractivity contribution in [2.75, 3.05) is 0 Å². The lowest BCUT2D eigenvalue weighted by Gasteiger charge is -2.33. The Morgan fingerprint density at radius 3 is 2.33 bits per heavy atom. The fraction of sp³-hybridized carbons (Fsp3) is 1.00. The molecule has 108 valence electrons. The Balaban J connectivity index is 2.14. The normalized spacial score (nSPS) is 30.7. The Morgan fingerprint density at radius 2 is 1.67 bits per heavy atom. The molecule has 0 spiro atoms. The maximum atomic E-state index is 2.49. The van der Waals surface area contributed by atoms with Crippen LogP contribution in [0.3, 0.4) is 0 Å². The summed E-state index contributed by atoms with van der Waals surface area (Å²) in [5.41, 5.74) is 0. The molecule has 1 aliphatic carbocycles. The third-order valence-corrected chi connectivity index (χ3v) is 5.13. The molecule has 1 rings (SSSR count). The number of rotatable bonds is 7. The topological polar surface area (TPSA) is 0 Å². The quantitative estimate of drug-likeness (QED) is 0.498. The Morgan fingerprint density at radius 1 is 0.944 bits per heavy atom. The van der Waals surface area contributed by atoms with Gasteiger partial charge in [0, 0.05) is 0 Å². The fourth-order valence-electron chi connectivity index (χ4n) is 3.57. The fourth-order valence-corrected chi connectivity index (χ4v) is 3.57. The molecule has 0 aliphatic heterocycles. The minimum atomic E-state index is 0.886. The van der Waals surface area contributed by atoms with Crippen LogP contribution in [0, 0.1) is 29.6 Å². The van der Waals surface area contributed by atoms with E-state index < -0.39 is 0 Å². The minimum absolute atomic E-state index is 0.886. The largest absolute Gasteiger partial charge is 0.0628 e. The molecular formula is C18H36. The lowest BCUT2D eigenvalue weighted by Crippen LogP contribution is -2.22. The van der Waals surface area contributed by atoms with Gasteiger partial charge in [-0.3, -0.25) is 0 Å². The molecule has 0 aromatic carbocycles. The van der Waals surface area contributed by atoms with Gasteiger partial charge in [0.25, 0.3) is 0 Å². The summed E-state index contributed by atoms with van der Waals surface area (Å²) in [5, 5.41) is 0. The lowest BCUT2D eigenvalue weighted by atomic mass is 9.73. The van der Waals surface area contributed by atoms with Crippen LogP contribution in [-0.2, 0) is 0 Å². The highest BCUT2D eigenvalue weighted by atomic mass is 14.3. The summed E-state index contributed by atoms with van der Waals surface area (Å²) in [4.78, 5) is 0. The molecule has 1 fully saturated rings. The van der Waals surface area contributed by atoms with Gasteiger partial charge in [-0.1, -0.05) is 73.1 Å². The predicted octanol–water partition coefficient (Wildman–Crippen LogP) is 6.30. The van der Waals surface area contributed by atoms with E-state index in [-0.39, 0.29) is 0 Å². The van der Waals surface area contributed by atoms with Gasteiger partial charge in [-0.05, 0) is 42.4 Å². The van der Waals surface area contributed by atoms with Crippen LogP contribution in [-0.4, -0.2) is 0 Å². The molecule has 0 saturated heterocycles. The van der Waals surface area contributed by atoms with Gasteiger partial charge in [-0.25, -0.2) is 0 Å². The van der Waals surface area contributed by atoms with Crippen molar-refractivity contribution in [1.82, 2.24) is 0 Å². The zero-order valence-electron chi connectivity index (χ0n) is 13.5. The van der Waals surface area contributed by atoms with Gasteiger partial charge >= 0.3 is 0 Å². The highest BCUT2D eigenvalue weighted by Gasteiger charge is 2.25. The molecule has 0 radical (unpaired) electrons. The van der Waals surface area contributed by atoms with Crippen molar-refractivity contribution in [3.05, 3.63) is 0 Å². The summed E-state index contributed by atoms with van der Waals surface area (Å²) in [7, 11) is 0. The van der Waals surface area contributed by atoms with Crippen LogP contribution < -0.4 is 0 Å². The summed E-state index contributed by atoms with van der Waals surface area (Å²) in [5.74, 6) is 4.84. The minimum Gasteiger partial charge on any atom is -0.0628 e. The van der Waals surface area contributed by atoms with Gasteiger partial charge in [0.05, 0.1) is 0 Å². The van der Waals surface area contributed by atoms with E-state index in [1.165, 1.54) is 51.4 Å². The van der Waals surface area contributed by atoms with E-state index in [0.717, 1.165) is 29.6 Å². The molecule has 1 aliphatic rings. The zero-order chi connectivity index (χ0) is 13.5. The van der Waals surface area contributed by atoms with E-state index in [2.05, 4.69) is 34.6 Å². The molecule has 0 aromatic heterocycles. The summed E-state index contributed by atoms with van der Waals surface area (Å²) in [6, 6.07) is 0. The van der Waals surface area contributed by atoms with Crippen LogP contribution in [0.4, 0.5) is 0 Å². The monoisotopic (exact) mass is 252 g/mol. The van der Waals surface area contributed by atoms with Crippen LogP contribution in [0.15, 0.2) is 0 Å². The zero-order valence-corrected chi connectivity index (χ0v) is 13.5. The molecule has 0 N–H and O–H groups in total. The maximum Gasteiger partial charge on any atom is -0.0386 e. The van der Waals surface area contributed by atoms with Gasteiger partial charge in [0.15, 0.2) is 0 Å². The van der Waals surface area contributed by atoms with Gasteiger partial charge in [0.2, 0.25) is 0 Å². The average Bonchev–Trinajstić information content (AvgIpc) is 2.30. The highest BCUT2D eigenvalue weighted by Crippen LogP contribution is 2.37. The van der Waals surface area contributed by atoms with Gasteiger partial charge in [-0.2, -0.15) is 0 Å². The van der Waals surface area contributed by atoms with Crippen molar-refractivity contribution in [2.45, 2.75) is 86.0 Å². The third kappa shape index (κ3) is 6.25. The summed E-state index contributed by atoms with van der Waals surface area (Å²) in [6.07, 6.45) is 11.7. The number of hydrogen-bond donors (Lipinski definition) is 0. The molecule has 0 nitrogen and oxygen atoms in total. The highest BCUT2D eigenvalue weighted by molar-refractivity contribution is 4.76. The first-order valence-corrected chi connectivity index (χ1v) is 8.49. The second kappa shape index (κ2) is 8.23. The lowest BCUT2D eigenvalue weighted by molar-refractivity contribution is 0.182. The molecule has 0 amide bonds. The van der Waals surface area contributed by atoms with E-state index >= 15 is 0 Å². The van der Waals surface area contributed by atoms with Gasteiger partial charge in [0.1, 0.15) is 0 Å². The first-order valence-electron chi connectivity index (χ1n) is 8.49. The summed E-state index contributed by atoms with van der Waals surface area (Å²) < 4.78 is 0. The molecule has 0 aromatic rings. The summed E-state index contributed by atoms with van der Waals surface area (Å²) in [6.45, 7) is 12.1. The maximum absolute atomic E-state index is 2.49. The first kappa shape index (κ1) is 16.1. The van der Waals surface area contributed by atoms with Crippen LogP contribution in [0.1, 0.15) is 86.0 Å². The van der Waals surface area contributed by atoms with E-state index in [1.54, 1.807) is 0 Å². The standard InChI is InChI=1S/C18H36/c1-14(2)7-6-8-15(3)10-12-18-13-16(4)9-11-17(18)5/h14-18H,6-13H2,1-5H3. The van der Waals surface area contributed by atoms with Crippen LogP contribution >= 0.6 is 0 Å². The van der Waals surface area contributed by atoms with Crippen LogP contribution in [0.2, 0.25) is 0 Å². The molecule has 0 heteroatoms. The van der Waals surface area contributed by atoms with Crippen molar-refractivity contribution in [3.63, 3.8) is 0 Å². The molecule has 4 atom stereocenters. The van der Waals surface area contributed by atoms with E-state index in [9.17, 15) is 0 Å². The van der Waals surface area contributed by atoms with Gasteiger partial charge < -0.3 is 0 Å². The van der Waals surface area contributed by atoms with Crippen LogP contribution in [0.25, 0.3) is 0 Å². The molecule has 18 heavy (non-hydrogen) atoms.